The van der Waals surface area contributed by atoms with Gasteiger partial charge in [-0.05, 0) is 68.0 Å². The van der Waals surface area contributed by atoms with Crippen molar-refractivity contribution in [1.29, 1.82) is 0 Å². The van der Waals surface area contributed by atoms with Crippen LogP contribution in [0.1, 0.15) is 42.6 Å². The summed E-state index contributed by atoms with van der Waals surface area (Å²) in [5, 5.41) is 4.96. The third-order valence-corrected chi connectivity index (χ3v) is 8.35. The van der Waals surface area contributed by atoms with E-state index in [9.17, 15) is 4.79 Å². The van der Waals surface area contributed by atoms with Crippen molar-refractivity contribution in [3.63, 3.8) is 0 Å². The van der Waals surface area contributed by atoms with Crippen molar-refractivity contribution in [1.82, 2.24) is 9.97 Å². The molecule has 2 N–H and O–H groups in total. The molecule has 0 aliphatic heterocycles. The van der Waals surface area contributed by atoms with Crippen molar-refractivity contribution in [2.45, 2.75) is 48.9 Å². The van der Waals surface area contributed by atoms with Gasteiger partial charge >= 0.3 is 0 Å². The number of benzene rings is 2. The molecule has 2 aromatic heterocycles. The number of hydrogen-bond donors (Lipinski definition) is 2. The van der Waals surface area contributed by atoms with Crippen LogP contribution in [0.5, 0.6) is 0 Å². The zero-order valence-electron chi connectivity index (χ0n) is 17.9. The minimum absolute atomic E-state index is 0.0318. The van der Waals surface area contributed by atoms with Gasteiger partial charge in [0, 0.05) is 19.7 Å². The summed E-state index contributed by atoms with van der Waals surface area (Å²) in [6.45, 7) is 4.29. The average molecular weight is 482 g/mol. The normalized spacial score (nSPS) is 16.7. The number of halogens is 1. The summed E-state index contributed by atoms with van der Waals surface area (Å²) in [6, 6.07) is 15.9. The number of nitrogens with one attached hydrogen (secondary N) is 2. The molecule has 4 aromatic rings. The Labute approximate surface area is 200 Å². The second kappa shape index (κ2) is 8.93. The SMILES string of the molecule is C[C@H]1CCc2c(sc3nc([C@H](C)Nc4cc(Cl)ccc4Sc4ccccc4)[nH]c(=O)c23)C1. The Bertz CT molecular complexity index is 1330. The number of hydrogen-bond acceptors (Lipinski definition) is 5. The fourth-order valence-corrected chi connectivity index (χ4v) is 6.67. The summed E-state index contributed by atoms with van der Waals surface area (Å²) in [4.78, 5) is 25.3. The van der Waals surface area contributed by atoms with E-state index in [-0.39, 0.29) is 11.6 Å². The molecule has 0 saturated carbocycles. The van der Waals surface area contributed by atoms with Gasteiger partial charge in [0.25, 0.3) is 5.56 Å². The van der Waals surface area contributed by atoms with E-state index in [1.807, 2.05) is 43.3 Å². The highest BCUT2D eigenvalue weighted by Crippen LogP contribution is 2.38. The van der Waals surface area contributed by atoms with Crippen LogP contribution in [0.4, 0.5) is 5.69 Å². The molecule has 2 heterocycles. The summed E-state index contributed by atoms with van der Waals surface area (Å²) in [5.74, 6) is 1.31. The molecule has 0 amide bonds. The number of thiophene rings is 1. The van der Waals surface area contributed by atoms with Gasteiger partial charge in [-0.15, -0.1) is 11.3 Å². The first-order chi connectivity index (χ1) is 15.5. The number of aromatic nitrogens is 2. The van der Waals surface area contributed by atoms with Gasteiger partial charge < -0.3 is 10.3 Å². The van der Waals surface area contributed by atoms with Crippen LogP contribution in [0.25, 0.3) is 10.2 Å². The van der Waals surface area contributed by atoms with E-state index in [1.165, 1.54) is 10.4 Å². The van der Waals surface area contributed by atoms with Gasteiger partial charge in [-0.2, -0.15) is 0 Å². The molecule has 1 aliphatic carbocycles. The molecule has 5 rings (SSSR count). The highest BCUT2D eigenvalue weighted by Gasteiger charge is 2.24. The van der Waals surface area contributed by atoms with Crippen LogP contribution >= 0.6 is 34.7 Å². The number of aryl methyl sites for hydroxylation is 1. The Hall–Kier alpha value is -2.28. The number of fused-ring (bicyclic) bond motifs is 3. The maximum absolute atomic E-state index is 13.0. The molecule has 0 radical (unpaired) electrons. The molecule has 7 heteroatoms. The number of anilines is 1. The third-order valence-electron chi connectivity index (χ3n) is 5.88. The maximum Gasteiger partial charge on any atom is 0.259 e. The van der Waals surface area contributed by atoms with Gasteiger partial charge in [-0.3, -0.25) is 4.79 Å². The van der Waals surface area contributed by atoms with Crippen LogP contribution in [0, 0.1) is 5.92 Å². The summed E-state index contributed by atoms with van der Waals surface area (Å²) in [7, 11) is 0. The van der Waals surface area contributed by atoms with E-state index in [1.54, 1.807) is 23.1 Å². The number of nitrogens with zero attached hydrogens (tertiary/aromatic N) is 1. The van der Waals surface area contributed by atoms with Gasteiger partial charge in [-0.25, -0.2) is 4.98 Å². The van der Waals surface area contributed by atoms with Crippen LogP contribution in [0.3, 0.4) is 0 Å². The van der Waals surface area contributed by atoms with E-state index in [2.05, 4.69) is 29.4 Å². The minimum Gasteiger partial charge on any atom is -0.374 e. The fourth-order valence-electron chi connectivity index (χ4n) is 4.19. The summed E-state index contributed by atoms with van der Waals surface area (Å²) >= 11 is 9.65. The Balaban J connectivity index is 1.46. The zero-order valence-corrected chi connectivity index (χ0v) is 20.3. The molecule has 1 aliphatic rings. The van der Waals surface area contributed by atoms with Crippen LogP contribution in [-0.2, 0) is 12.8 Å². The van der Waals surface area contributed by atoms with Crippen LogP contribution in [-0.4, -0.2) is 9.97 Å². The lowest BCUT2D eigenvalue weighted by atomic mass is 9.89. The second-order valence-electron chi connectivity index (χ2n) is 8.40. The second-order valence-corrected chi connectivity index (χ2v) is 11.0. The summed E-state index contributed by atoms with van der Waals surface area (Å²) < 4.78 is 0. The lowest BCUT2D eigenvalue weighted by Gasteiger charge is -2.18. The summed E-state index contributed by atoms with van der Waals surface area (Å²) in [6.07, 6.45) is 3.15. The topological polar surface area (TPSA) is 57.8 Å². The quantitative estimate of drug-likeness (QED) is 0.319. The number of H-pyrrole nitrogens is 1. The standard InChI is InChI=1S/C25H24ClN3OS2/c1-14-8-10-18-21(12-14)32-25-22(18)24(30)28-23(29-25)15(2)27-19-13-16(26)9-11-20(19)31-17-6-4-3-5-7-17/h3-7,9,11,13-15,27H,8,10,12H2,1-2H3,(H,28,29,30)/t14-,15-/m0/s1. The van der Waals surface area contributed by atoms with Crippen LogP contribution in [0.15, 0.2) is 63.1 Å². The molecular formula is C25H24ClN3OS2. The monoisotopic (exact) mass is 481 g/mol. The minimum atomic E-state index is -0.182. The maximum atomic E-state index is 13.0. The van der Waals surface area contributed by atoms with E-state index in [0.29, 0.717) is 16.8 Å². The average Bonchev–Trinajstić information content (AvgIpc) is 3.14. The summed E-state index contributed by atoms with van der Waals surface area (Å²) in [5.41, 5.74) is 2.09. The van der Waals surface area contributed by atoms with Gasteiger partial charge in [0.2, 0.25) is 0 Å². The lowest BCUT2D eigenvalue weighted by molar-refractivity contribution is 0.509. The van der Waals surface area contributed by atoms with Crippen molar-refractivity contribution in [3.8, 4) is 0 Å². The molecule has 0 unspecified atom stereocenters. The fraction of sp³-hybridized carbons (Fsp3) is 0.280. The highest BCUT2D eigenvalue weighted by atomic mass is 35.5. The van der Waals surface area contributed by atoms with E-state index < -0.39 is 0 Å². The Morgan fingerprint density at radius 1 is 1.25 bits per heavy atom. The molecular weight excluding hydrogens is 458 g/mol. The van der Waals surface area contributed by atoms with Crippen molar-refractivity contribution >= 4 is 50.6 Å². The number of rotatable bonds is 5. The predicted molar refractivity (Wildman–Crippen MR) is 135 cm³/mol. The van der Waals surface area contributed by atoms with E-state index >= 15 is 0 Å². The smallest absolute Gasteiger partial charge is 0.259 e. The molecule has 0 saturated heterocycles. The zero-order chi connectivity index (χ0) is 22.2. The van der Waals surface area contributed by atoms with Gasteiger partial charge in [0.15, 0.2) is 0 Å². The van der Waals surface area contributed by atoms with E-state index in [4.69, 9.17) is 16.6 Å². The molecule has 32 heavy (non-hydrogen) atoms. The van der Waals surface area contributed by atoms with Crippen molar-refractivity contribution in [2.75, 3.05) is 5.32 Å². The highest BCUT2D eigenvalue weighted by molar-refractivity contribution is 7.99. The third kappa shape index (κ3) is 4.32. The first-order valence-corrected chi connectivity index (χ1v) is 12.8. The molecule has 2 atom stereocenters. The molecule has 4 nitrogen and oxygen atoms in total. The molecule has 0 fully saturated rings. The lowest BCUT2D eigenvalue weighted by Crippen LogP contribution is -2.18. The van der Waals surface area contributed by atoms with Crippen LogP contribution in [0.2, 0.25) is 5.02 Å². The van der Waals surface area contributed by atoms with Crippen molar-refractivity contribution in [2.24, 2.45) is 5.92 Å². The van der Waals surface area contributed by atoms with Crippen molar-refractivity contribution < 1.29 is 0 Å². The Morgan fingerprint density at radius 3 is 2.88 bits per heavy atom. The molecule has 2 aromatic carbocycles. The van der Waals surface area contributed by atoms with Gasteiger partial charge in [-0.1, -0.05) is 48.5 Å². The molecule has 164 valence electrons. The van der Waals surface area contributed by atoms with Crippen LogP contribution < -0.4 is 10.9 Å². The Morgan fingerprint density at radius 2 is 2.06 bits per heavy atom. The molecule has 0 bridgehead atoms. The number of aromatic amines is 1. The van der Waals surface area contributed by atoms with Gasteiger partial charge in [0.1, 0.15) is 10.7 Å². The Kier molecular flexibility index (Phi) is 6.01. The first-order valence-electron chi connectivity index (χ1n) is 10.8. The largest absolute Gasteiger partial charge is 0.374 e. The van der Waals surface area contributed by atoms with Gasteiger partial charge in [0.05, 0.1) is 17.1 Å². The predicted octanol–water partition coefficient (Wildman–Crippen LogP) is 7.09. The first kappa shape index (κ1) is 21.6. The van der Waals surface area contributed by atoms with Crippen molar-refractivity contribution in [3.05, 3.63) is 80.2 Å². The van der Waals surface area contributed by atoms with E-state index in [0.717, 1.165) is 45.0 Å². The molecule has 0 spiro atoms.